The molecule has 188 valence electrons. The maximum Gasteiger partial charge on any atom is 0.416 e. The Morgan fingerprint density at radius 3 is 2.37 bits per heavy atom. The van der Waals surface area contributed by atoms with Gasteiger partial charge < -0.3 is 24.1 Å². The van der Waals surface area contributed by atoms with Crippen molar-refractivity contribution in [2.45, 2.75) is 50.7 Å². The Hall–Kier alpha value is -2.78. The summed E-state index contributed by atoms with van der Waals surface area (Å²) in [6.07, 6.45) is -0.732. The van der Waals surface area contributed by atoms with Crippen molar-refractivity contribution < 1.29 is 33.6 Å². The van der Waals surface area contributed by atoms with Crippen LogP contribution in [0.4, 0.5) is 4.79 Å². The van der Waals surface area contributed by atoms with Crippen LogP contribution < -0.4 is 0 Å². The fraction of sp³-hybridized carbons (Fsp3) is 0.481. The van der Waals surface area contributed by atoms with Crippen LogP contribution >= 0.6 is 0 Å². The van der Waals surface area contributed by atoms with Crippen molar-refractivity contribution in [1.29, 1.82) is 0 Å². The monoisotopic (exact) mass is 483 g/mol. The maximum atomic E-state index is 13.3. The third-order valence-electron chi connectivity index (χ3n) is 6.55. The third kappa shape index (κ3) is 6.46. The fourth-order valence-electron chi connectivity index (χ4n) is 4.50. The van der Waals surface area contributed by atoms with Crippen molar-refractivity contribution in [3.63, 3.8) is 0 Å². The third-order valence-corrected chi connectivity index (χ3v) is 6.55. The number of ether oxygens (including phenoxy) is 4. The van der Waals surface area contributed by atoms with Crippen LogP contribution in [0.1, 0.15) is 30.9 Å². The molecule has 2 fully saturated rings. The Bertz CT molecular complexity index is 962. The number of carbonyl (C=O) groups excluding carboxylic acids is 2. The number of aliphatic hydroxyl groups excluding tert-OH is 1. The van der Waals surface area contributed by atoms with Gasteiger partial charge in [0, 0.05) is 12.8 Å². The lowest BCUT2D eigenvalue weighted by molar-refractivity contribution is -0.193. The standard InChI is InChI=1S/C27H33NO7/c1-20(25(30)28-23(19-33-26(28)31)16-21-8-4-2-5-9-21)24(29)17-27(34-14-15-35-27)12-13-32-18-22-10-6-3-7-11-22/h2-11,20,23-24,29H,12-19H2,1H3/t20-,23-,24+/m0/s1. The normalized spacial score (nSPS) is 21.0. The minimum absolute atomic E-state index is 0.0981. The number of carbonyl (C=O) groups is 2. The van der Waals surface area contributed by atoms with Gasteiger partial charge in [-0.25, -0.2) is 9.69 Å². The van der Waals surface area contributed by atoms with E-state index >= 15 is 0 Å². The first kappa shape index (κ1) is 25.3. The highest BCUT2D eigenvalue weighted by Gasteiger charge is 2.45. The van der Waals surface area contributed by atoms with Gasteiger partial charge in [0.2, 0.25) is 5.91 Å². The molecule has 4 rings (SSSR count). The number of hydrogen-bond acceptors (Lipinski definition) is 7. The van der Waals surface area contributed by atoms with Gasteiger partial charge >= 0.3 is 6.09 Å². The summed E-state index contributed by atoms with van der Waals surface area (Å²) in [6.45, 7) is 3.41. The molecule has 0 saturated carbocycles. The quantitative estimate of drug-likeness (QED) is 0.490. The minimum Gasteiger partial charge on any atom is -0.447 e. The van der Waals surface area contributed by atoms with Gasteiger partial charge in [-0.15, -0.1) is 0 Å². The Balaban J connectivity index is 1.33. The Labute approximate surface area is 205 Å². The summed E-state index contributed by atoms with van der Waals surface area (Å²) in [7, 11) is 0. The number of aliphatic hydroxyl groups is 1. The highest BCUT2D eigenvalue weighted by Crippen LogP contribution is 2.32. The van der Waals surface area contributed by atoms with Crippen LogP contribution in [-0.4, -0.2) is 66.4 Å². The number of benzene rings is 2. The van der Waals surface area contributed by atoms with E-state index < -0.39 is 35.9 Å². The molecule has 0 aliphatic carbocycles. The fourth-order valence-corrected chi connectivity index (χ4v) is 4.50. The molecule has 2 heterocycles. The smallest absolute Gasteiger partial charge is 0.416 e. The molecule has 0 bridgehead atoms. The number of cyclic esters (lactones) is 1. The average molecular weight is 484 g/mol. The maximum absolute atomic E-state index is 13.3. The second-order valence-corrected chi connectivity index (χ2v) is 9.08. The molecule has 2 saturated heterocycles. The molecule has 8 heteroatoms. The molecule has 0 spiro atoms. The summed E-state index contributed by atoms with van der Waals surface area (Å²) in [6, 6.07) is 19.1. The Morgan fingerprint density at radius 2 is 1.71 bits per heavy atom. The van der Waals surface area contributed by atoms with E-state index in [9.17, 15) is 14.7 Å². The van der Waals surface area contributed by atoms with Crippen molar-refractivity contribution >= 4 is 12.0 Å². The topological polar surface area (TPSA) is 94.5 Å². The van der Waals surface area contributed by atoms with Crippen LogP contribution in [0, 0.1) is 5.92 Å². The van der Waals surface area contributed by atoms with Gasteiger partial charge in [0.1, 0.15) is 6.61 Å². The van der Waals surface area contributed by atoms with E-state index in [1.54, 1.807) is 6.92 Å². The van der Waals surface area contributed by atoms with Gasteiger partial charge in [-0.2, -0.15) is 0 Å². The molecular formula is C27H33NO7. The van der Waals surface area contributed by atoms with E-state index in [4.69, 9.17) is 18.9 Å². The molecule has 2 aromatic carbocycles. The summed E-state index contributed by atoms with van der Waals surface area (Å²) in [5.74, 6) is -2.33. The zero-order valence-electron chi connectivity index (χ0n) is 20.0. The van der Waals surface area contributed by atoms with Crippen molar-refractivity contribution in [2.75, 3.05) is 26.4 Å². The molecule has 35 heavy (non-hydrogen) atoms. The zero-order valence-corrected chi connectivity index (χ0v) is 20.0. The summed E-state index contributed by atoms with van der Waals surface area (Å²) >= 11 is 0. The molecule has 8 nitrogen and oxygen atoms in total. The number of nitrogens with zero attached hydrogens (tertiary/aromatic N) is 1. The lowest BCUT2D eigenvalue weighted by Crippen LogP contribution is -2.47. The molecular weight excluding hydrogens is 450 g/mol. The van der Waals surface area contributed by atoms with Gasteiger partial charge in [-0.05, 0) is 17.5 Å². The van der Waals surface area contributed by atoms with E-state index in [1.807, 2.05) is 60.7 Å². The largest absolute Gasteiger partial charge is 0.447 e. The molecule has 2 amide bonds. The van der Waals surface area contributed by atoms with Crippen molar-refractivity contribution in [1.82, 2.24) is 4.90 Å². The molecule has 2 aromatic rings. The van der Waals surface area contributed by atoms with E-state index in [1.165, 1.54) is 0 Å². The summed E-state index contributed by atoms with van der Waals surface area (Å²) < 4.78 is 22.7. The van der Waals surface area contributed by atoms with Crippen LogP contribution in [0.2, 0.25) is 0 Å². The van der Waals surface area contributed by atoms with E-state index in [2.05, 4.69) is 0 Å². The predicted molar refractivity (Wildman–Crippen MR) is 127 cm³/mol. The van der Waals surface area contributed by atoms with Gasteiger partial charge in [0.15, 0.2) is 5.79 Å². The van der Waals surface area contributed by atoms with E-state index in [0.717, 1.165) is 16.0 Å². The highest BCUT2D eigenvalue weighted by molar-refractivity contribution is 5.95. The lowest BCUT2D eigenvalue weighted by Gasteiger charge is -2.32. The highest BCUT2D eigenvalue weighted by atomic mass is 16.7. The molecule has 3 atom stereocenters. The average Bonchev–Trinajstić information content (AvgIpc) is 3.49. The van der Waals surface area contributed by atoms with Crippen LogP contribution in [0.25, 0.3) is 0 Å². The molecule has 0 aromatic heterocycles. The second kappa shape index (κ2) is 11.8. The van der Waals surface area contributed by atoms with Crippen LogP contribution in [0.3, 0.4) is 0 Å². The molecule has 2 aliphatic heterocycles. The SMILES string of the molecule is C[C@H](C(=O)N1C(=O)OC[C@@H]1Cc1ccccc1)[C@H](O)CC1(CCOCc2ccccc2)OCCO1. The summed E-state index contributed by atoms with van der Waals surface area (Å²) in [5, 5.41) is 11.0. The van der Waals surface area contributed by atoms with Crippen molar-refractivity contribution in [2.24, 2.45) is 5.92 Å². The van der Waals surface area contributed by atoms with Gasteiger partial charge in [0.25, 0.3) is 0 Å². The first-order valence-electron chi connectivity index (χ1n) is 12.1. The molecule has 1 N–H and O–H groups in total. The van der Waals surface area contributed by atoms with Crippen molar-refractivity contribution in [3.8, 4) is 0 Å². The number of hydrogen-bond donors (Lipinski definition) is 1. The Morgan fingerprint density at radius 1 is 1.09 bits per heavy atom. The van der Waals surface area contributed by atoms with E-state index in [0.29, 0.717) is 39.3 Å². The minimum atomic E-state index is -1.07. The van der Waals surface area contributed by atoms with Crippen LogP contribution in [-0.2, 0) is 36.8 Å². The first-order chi connectivity index (χ1) is 17.0. The zero-order chi connectivity index (χ0) is 24.7. The first-order valence-corrected chi connectivity index (χ1v) is 12.1. The summed E-state index contributed by atoms with van der Waals surface area (Å²) in [4.78, 5) is 26.8. The summed E-state index contributed by atoms with van der Waals surface area (Å²) in [5.41, 5.74) is 2.07. The van der Waals surface area contributed by atoms with Crippen LogP contribution in [0.15, 0.2) is 60.7 Å². The molecule has 2 aliphatic rings. The Kier molecular flexibility index (Phi) is 8.51. The van der Waals surface area contributed by atoms with Crippen molar-refractivity contribution in [3.05, 3.63) is 71.8 Å². The number of amides is 2. The van der Waals surface area contributed by atoms with Gasteiger partial charge in [-0.3, -0.25) is 4.79 Å². The second-order valence-electron chi connectivity index (χ2n) is 9.08. The number of rotatable bonds is 11. The molecule has 0 radical (unpaired) electrons. The molecule has 0 unspecified atom stereocenters. The van der Waals surface area contributed by atoms with Crippen LogP contribution in [0.5, 0.6) is 0 Å². The number of imide groups is 1. The van der Waals surface area contributed by atoms with Gasteiger partial charge in [-0.1, -0.05) is 67.6 Å². The predicted octanol–water partition coefficient (Wildman–Crippen LogP) is 3.31. The van der Waals surface area contributed by atoms with E-state index in [-0.39, 0.29) is 13.0 Å². The van der Waals surface area contributed by atoms with Gasteiger partial charge in [0.05, 0.1) is 44.5 Å². The lowest BCUT2D eigenvalue weighted by atomic mass is 9.94.